The Labute approximate surface area is 125 Å². The van der Waals surface area contributed by atoms with Crippen LogP contribution in [0.5, 0.6) is 0 Å². The van der Waals surface area contributed by atoms with Crippen molar-refractivity contribution in [1.82, 2.24) is 15.5 Å². The first kappa shape index (κ1) is 14.6. The van der Waals surface area contributed by atoms with Gasteiger partial charge in [-0.25, -0.2) is 0 Å². The molecule has 0 N–H and O–H groups in total. The van der Waals surface area contributed by atoms with Gasteiger partial charge >= 0.3 is 23.0 Å². The molecule has 0 aliphatic carbocycles. The van der Waals surface area contributed by atoms with Crippen LogP contribution in [0.15, 0.2) is 13.9 Å². The Morgan fingerprint density at radius 3 is 1.67 bits per heavy atom. The summed E-state index contributed by atoms with van der Waals surface area (Å²) in [6.45, 7) is 0. The predicted molar refractivity (Wildman–Crippen MR) is 57.7 cm³/mol. The number of nitrogens with zero attached hydrogens (tertiary/aromatic N) is 8. The lowest BCUT2D eigenvalue weighted by molar-refractivity contribution is -0.825. The normalized spacial score (nSPS) is 10.8. The van der Waals surface area contributed by atoms with E-state index in [1.807, 2.05) is 0 Å². The molecule has 0 amide bonds. The van der Waals surface area contributed by atoms with Crippen molar-refractivity contribution < 1.29 is 38.4 Å². The summed E-state index contributed by atoms with van der Waals surface area (Å²) in [5.74, 6) is -2.61. The maximum absolute atomic E-state index is 11.6. The average molecular weight is 344 g/mol. The Kier molecular flexibility index (Phi) is 2.92. The fourth-order valence-corrected chi connectivity index (χ4v) is 1.69. The lowest BCUT2D eigenvalue weighted by Crippen LogP contribution is -2.29. The number of hydrogen-bond acceptors (Lipinski definition) is 13. The molecule has 0 unspecified atom stereocenters. The van der Waals surface area contributed by atoms with Gasteiger partial charge in [0.25, 0.3) is 11.4 Å². The monoisotopic (exact) mass is 344 g/mol. The van der Waals surface area contributed by atoms with Gasteiger partial charge in [0.15, 0.2) is 0 Å². The lowest BCUT2D eigenvalue weighted by atomic mass is 10.2. The summed E-state index contributed by atoms with van der Waals surface area (Å²) < 4.78 is 12.2. The van der Waals surface area contributed by atoms with Crippen LogP contribution < -0.4 is 14.7 Å². The van der Waals surface area contributed by atoms with Gasteiger partial charge in [0.1, 0.15) is 15.0 Å². The number of aromatic nitrogens is 6. The van der Waals surface area contributed by atoms with Crippen molar-refractivity contribution in [1.29, 1.82) is 0 Å². The smallest absolute Gasteiger partial charge is 0.359 e. The minimum atomic E-state index is -1.33. The van der Waals surface area contributed by atoms with Crippen molar-refractivity contribution in [2.45, 2.75) is 0 Å². The molecule has 124 valence electrons. The Balaban J connectivity index is 2.30. The van der Waals surface area contributed by atoms with E-state index in [0.29, 0.717) is 0 Å². The molecule has 3 aromatic rings. The van der Waals surface area contributed by atoms with Gasteiger partial charge in [-0.2, -0.15) is 4.63 Å². The van der Waals surface area contributed by atoms with Crippen LogP contribution in [0.1, 0.15) is 0 Å². The molecule has 0 spiro atoms. The molecule has 0 bridgehead atoms. The van der Waals surface area contributed by atoms with Gasteiger partial charge in [-0.1, -0.05) is 0 Å². The highest BCUT2D eigenvalue weighted by atomic mass is 16.8. The topological polar surface area (TPSA) is 245 Å². The number of nitro groups is 2. The van der Waals surface area contributed by atoms with Crippen molar-refractivity contribution in [3.63, 3.8) is 0 Å². The molecule has 0 saturated carbocycles. The van der Waals surface area contributed by atoms with E-state index in [-0.39, 0.29) is 0 Å². The fraction of sp³-hybridized carbons (Fsp3) is 0. The highest BCUT2D eigenvalue weighted by Crippen LogP contribution is 2.32. The lowest BCUT2D eigenvalue weighted by Gasteiger charge is -1.89. The maximum atomic E-state index is 11.6. The van der Waals surface area contributed by atoms with Gasteiger partial charge < -0.3 is 20.5 Å². The maximum Gasteiger partial charge on any atom is 0.591 e. The zero-order chi connectivity index (χ0) is 17.6. The molecule has 18 nitrogen and oxygen atoms in total. The van der Waals surface area contributed by atoms with E-state index >= 15 is 0 Å². The SMILES string of the molecule is O=[N+]([O-])c1c(-c2no[n+]([O-])c2-c2no[n+]([O-])c2[N+](=O)[O-])no[n+]1[O-]. The van der Waals surface area contributed by atoms with Gasteiger partial charge in [-0.15, -0.1) is 5.16 Å². The quantitative estimate of drug-likeness (QED) is 0.274. The van der Waals surface area contributed by atoms with Crippen molar-refractivity contribution >= 4 is 11.6 Å². The Morgan fingerprint density at radius 2 is 1.12 bits per heavy atom. The van der Waals surface area contributed by atoms with Crippen LogP contribution in [-0.2, 0) is 0 Å². The van der Waals surface area contributed by atoms with Crippen LogP contribution >= 0.6 is 0 Å². The molecular formula is C6N8O10. The van der Waals surface area contributed by atoms with Gasteiger partial charge in [0.05, 0.1) is 4.90 Å². The van der Waals surface area contributed by atoms with Crippen LogP contribution in [0.4, 0.5) is 11.6 Å². The molecular weight excluding hydrogens is 344 g/mol. The number of rotatable bonds is 4. The Morgan fingerprint density at radius 1 is 0.708 bits per heavy atom. The van der Waals surface area contributed by atoms with E-state index in [4.69, 9.17) is 0 Å². The summed E-state index contributed by atoms with van der Waals surface area (Å²) in [5, 5.41) is 64.9. The molecule has 0 radical (unpaired) electrons. The second-order valence-electron chi connectivity index (χ2n) is 3.85. The molecule has 0 atom stereocenters. The van der Waals surface area contributed by atoms with E-state index in [1.165, 1.54) is 0 Å². The highest BCUT2D eigenvalue weighted by Gasteiger charge is 2.47. The molecule has 18 heteroatoms. The molecule has 0 saturated heterocycles. The highest BCUT2D eigenvalue weighted by molar-refractivity contribution is 5.76. The van der Waals surface area contributed by atoms with Gasteiger partial charge in [-0.05, 0) is 4.90 Å². The van der Waals surface area contributed by atoms with E-state index in [1.54, 1.807) is 0 Å². The van der Waals surface area contributed by atoms with Crippen LogP contribution in [-0.4, -0.2) is 25.3 Å². The third kappa shape index (κ3) is 1.90. The van der Waals surface area contributed by atoms with Crippen molar-refractivity contribution in [2.24, 2.45) is 0 Å². The van der Waals surface area contributed by atoms with Crippen LogP contribution in [0.25, 0.3) is 22.8 Å². The van der Waals surface area contributed by atoms with Crippen molar-refractivity contribution in [2.75, 3.05) is 0 Å². The summed E-state index contributed by atoms with van der Waals surface area (Å²) in [5.41, 5.74) is -3.60. The number of hydrogen-bond donors (Lipinski definition) is 0. The molecule has 0 aliphatic rings. The third-order valence-corrected chi connectivity index (χ3v) is 2.59. The first-order valence-corrected chi connectivity index (χ1v) is 5.41. The van der Waals surface area contributed by atoms with E-state index in [0.717, 1.165) is 0 Å². The summed E-state index contributed by atoms with van der Waals surface area (Å²) in [4.78, 5) is 17.6. The molecule has 0 aliphatic heterocycles. The molecule has 3 aromatic heterocycles. The van der Waals surface area contributed by atoms with Crippen LogP contribution in [0.2, 0.25) is 0 Å². The van der Waals surface area contributed by atoms with Gasteiger partial charge in [0, 0.05) is 10.1 Å². The molecule has 3 heterocycles. The largest absolute Gasteiger partial charge is 0.591 e. The molecule has 0 aromatic carbocycles. The van der Waals surface area contributed by atoms with Gasteiger partial charge in [-0.3, -0.25) is 24.6 Å². The van der Waals surface area contributed by atoms with Crippen molar-refractivity contribution in [3.05, 3.63) is 35.9 Å². The second kappa shape index (κ2) is 4.82. The average Bonchev–Trinajstić information content (AvgIpc) is 3.15. The first-order valence-electron chi connectivity index (χ1n) is 5.41. The van der Waals surface area contributed by atoms with Crippen LogP contribution in [0, 0.1) is 35.9 Å². The van der Waals surface area contributed by atoms with E-state index in [9.17, 15) is 35.9 Å². The van der Waals surface area contributed by atoms with Crippen molar-refractivity contribution in [3.8, 4) is 22.8 Å². The molecule has 24 heavy (non-hydrogen) atoms. The van der Waals surface area contributed by atoms with Gasteiger partial charge in [0.2, 0.25) is 0 Å². The minimum absolute atomic E-state index is 0.451. The second-order valence-corrected chi connectivity index (χ2v) is 3.85. The minimum Gasteiger partial charge on any atom is -0.359 e. The van der Waals surface area contributed by atoms with Crippen LogP contribution in [0.3, 0.4) is 0 Å². The standard InChI is InChI=1S/C6N8O10/c15-10(16)5-2(8-23-13(5)20)1-4(12(19)22-7-1)3-6(11(17)18)14(21)24-9-3. The molecule has 0 fully saturated rings. The summed E-state index contributed by atoms with van der Waals surface area (Å²) in [6.07, 6.45) is 0. The predicted octanol–water partition coefficient (Wildman–Crippen LogP) is -2.30. The van der Waals surface area contributed by atoms with E-state index < -0.39 is 59.0 Å². The third-order valence-electron chi connectivity index (χ3n) is 2.59. The first-order chi connectivity index (χ1) is 11.3. The molecule has 3 rings (SSSR count). The summed E-state index contributed by atoms with van der Waals surface area (Å²) in [6, 6.07) is 0. The Bertz CT molecular complexity index is 968. The summed E-state index contributed by atoms with van der Waals surface area (Å²) >= 11 is 0. The zero-order valence-corrected chi connectivity index (χ0v) is 10.7. The Hall–Kier alpha value is -4.38. The zero-order valence-electron chi connectivity index (χ0n) is 10.7. The van der Waals surface area contributed by atoms with E-state index in [2.05, 4.69) is 29.4 Å². The summed E-state index contributed by atoms with van der Waals surface area (Å²) in [7, 11) is 0. The fourth-order valence-electron chi connectivity index (χ4n) is 1.69.